The Hall–Kier alpha value is -2.15. The normalized spacial score (nSPS) is 13.6. The molecular formula is C18H13Cl3N4O2. The first-order valence-electron chi connectivity index (χ1n) is 8.22. The van der Waals surface area contributed by atoms with E-state index in [1.54, 1.807) is 41.3 Å². The lowest BCUT2D eigenvalue weighted by Crippen LogP contribution is -2.33. The third kappa shape index (κ3) is 4.08. The van der Waals surface area contributed by atoms with Crippen LogP contribution in [0.3, 0.4) is 0 Å². The molecule has 3 aromatic rings. The summed E-state index contributed by atoms with van der Waals surface area (Å²) in [4.78, 5) is 18.6. The van der Waals surface area contributed by atoms with Crippen LogP contribution in [0.2, 0.25) is 15.2 Å². The first kappa shape index (κ1) is 18.2. The molecule has 2 heterocycles. The van der Waals surface area contributed by atoms with Crippen LogP contribution in [0.1, 0.15) is 29.2 Å². The van der Waals surface area contributed by atoms with Crippen LogP contribution < -0.4 is 0 Å². The molecule has 0 radical (unpaired) electrons. The lowest BCUT2D eigenvalue weighted by Gasteiger charge is -2.20. The number of hydrogen-bond acceptors (Lipinski definition) is 5. The molecule has 1 aromatic carbocycles. The van der Waals surface area contributed by atoms with Gasteiger partial charge in [-0.1, -0.05) is 34.8 Å². The summed E-state index contributed by atoms with van der Waals surface area (Å²) in [5, 5.41) is 9.19. The van der Waals surface area contributed by atoms with E-state index in [1.807, 2.05) is 0 Å². The van der Waals surface area contributed by atoms with Crippen LogP contribution in [0.5, 0.6) is 0 Å². The average Bonchev–Trinajstić information content (AvgIpc) is 3.40. The molecule has 138 valence electrons. The Morgan fingerprint density at radius 3 is 2.52 bits per heavy atom. The van der Waals surface area contributed by atoms with Crippen LogP contribution in [-0.2, 0) is 6.54 Å². The molecular weight excluding hydrogens is 411 g/mol. The highest BCUT2D eigenvalue weighted by Crippen LogP contribution is 2.31. The van der Waals surface area contributed by atoms with Crippen LogP contribution in [0.4, 0.5) is 0 Å². The van der Waals surface area contributed by atoms with Crippen molar-refractivity contribution in [3.63, 3.8) is 0 Å². The third-order valence-electron chi connectivity index (χ3n) is 4.13. The molecule has 1 aliphatic rings. The first-order chi connectivity index (χ1) is 13.0. The summed E-state index contributed by atoms with van der Waals surface area (Å²) in [5.74, 6) is 0.387. The summed E-state index contributed by atoms with van der Waals surface area (Å²) in [6.45, 7) is 0.175. The molecule has 1 saturated carbocycles. The molecule has 0 spiro atoms. The highest BCUT2D eigenvalue weighted by molar-refractivity contribution is 6.34. The van der Waals surface area contributed by atoms with E-state index in [2.05, 4.69) is 15.2 Å². The third-order valence-corrected chi connectivity index (χ3v) is 4.89. The fraction of sp³-hybridized carbons (Fsp3) is 0.222. The molecule has 0 atom stereocenters. The molecule has 1 fully saturated rings. The van der Waals surface area contributed by atoms with E-state index < -0.39 is 0 Å². The maximum absolute atomic E-state index is 12.9. The van der Waals surface area contributed by atoms with E-state index in [-0.39, 0.29) is 34.4 Å². The number of carbonyl (C=O) groups excluding carboxylic acids is 1. The van der Waals surface area contributed by atoms with Gasteiger partial charge in [-0.25, -0.2) is 4.98 Å². The molecule has 0 aliphatic heterocycles. The summed E-state index contributed by atoms with van der Waals surface area (Å²) in [6, 6.07) is 10.3. The van der Waals surface area contributed by atoms with Gasteiger partial charge in [0.25, 0.3) is 5.91 Å². The lowest BCUT2D eigenvalue weighted by molar-refractivity contribution is 0.0708. The fourth-order valence-corrected chi connectivity index (χ4v) is 3.09. The van der Waals surface area contributed by atoms with Gasteiger partial charge < -0.3 is 9.32 Å². The van der Waals surface area contributed by atoms with Gasteiger partial charge in [0.05, 0.1) is 11.6 Å². The van der Waals surface area contributed by atoms with E-state index in [9.17, 15) is 4.79 Å². The van der Waals surface area contributed by atoms with Gasteiger partial charge in [0.2, 0.25) is 11.8 Å². The molecule has 1 aliphatic carbocycles. The number of rotatable bonds is 5. The van der Waals surface area contributed by atoms with Crippen molar-refractivity contribution in [2.75, 3.05) is 0 Å². The van der Waals surface area contributed by atoms with Crippen molar-refractivity contribution in [3.8, 4) is 11.5 Å². The van der Waals surface area contributed by atoms with Gasteiger partial charge in [0, 0.05) is 16.6 Å². The molecule has 2 aromatic heterocycles. The zero-order chi connectivity index (χ0) is 19.0. The first-order valence-corrected chi connectivity index (χ1v) is 9.36. The number of amides is 1. The fourth-order valence-electron chi connectivity index (χ4n) is 2.63. The summed E-state index contributed by atoms with van der Waals surface area (Å²) in [7, 11) is 0. The molecule has 1 amide bonds. The number of benzene rings is 1. The zero-order valence-electron chi connectivity index (χ0n) is 13.9. The maximum Gasteiger partial charge on any atom is 0.274 e. The van der Waals surface area contributed by atoms with Crippen molar-refractivity contribution in [2.24, 2.45) is 0 Å². The summed E-state index contributed by atoms with van der Waals surface area (Å²) in [5.41, 5.74) is 0.871. The van der Waals surface area contributed by atoms with Crippen LogP contribution in [0.15, 0.2) is 40.8 Å². The number of nitrogens with zero attached hydrogens (tertiary/aromatic N) is 4. The van der Waals surface area contributed by atoms with Crippen molar-refractivity contribution < 1.29 is 9.21 Å². The Morgan fingerprint density at radius 2 is 1.81 bits per heavy atom. The number of pyridine rings is 1. The molecule has 0 bridgehead atoms. The highest BCUT2D eigenvalue weighted by Gasteiger charge is 2.35. The van der Waals surface area contributed by atoms with E-state index in [0.717, 1.165) is 18.4 Å². The second kappa shape index (κ2) is 7.46. The maximum atomic E-state index is 12.9. The number of halogens is 3. The van der Waals surface area contributed by atoms with Crippen molar-refractivity contribution in [2.45, 2.75) is 25.4 Å². The standard InChI is InChI=1S/C18H13Cl3N4O2/c19-11-3-1-10(2-4-11)17-24-23-15(27-17)9-25(12-5-6-12)18(26)16-13(20)7-8-14(21)22-16/h1-4,7-8,12H,5-6,9H2. The van der Waals surface area contributed by atoms with Crippen LogP contribution in [0, 0.1) is 0 Å². The van der Waals surface area contributed by atoms with Crippen molar-refractivity contribution in [3.05, 3.63) is 63.2 Å². The minimum atomic E-state index is -0.309. The van der Waals surface area contributed by atoms with Gasteiger partial charge in [-0.3, -0.25) is 4.79 Å². The number of carbonyl (C=O) groups is 1. The van der Waals surface area contributed by atoms with Gasteiger partial charge in [-0.05, 0) is 49.2 Å². The second-order valence-electron chi connectivity index (χ2n) is 6.14. The Morgan fingerprint density at radius 1 is 1.07 bits per heavy atom. The summed E-state index contributed by atoms with van der Waals surface area (Å²) >= 11 is 17.9. The minimum Gasteiger partial charge on any atom is -0.419 e. The van der Waals surface area contributed by atoms with Crippen LogP contribution in [0.25, 0.3) is 11.5 Å². The Labute approximate surface area is 170 Å². The topological polar surface area (TPSA) is 72.1 Å². The summed E-state index contributed by atoms with van der Waals surface area (Å²) in [6.07, 6.45) is 1.81. The van der Waals surface area contributed by atoms with Gasteiger partial charge in [-0.15, -0.1) is 10.2 Å². The van der Waals surface area contributed by atoms with E-state index in [4.69, 9.17) is 39.2 Å². The molecule has 0 saturated heterocycles. The Bertz CT molecular complexity index is 987. The Kier molecular flexibility index (Phi) is 5.04. The van der Waals surface area contributed by atoms with Gasteiger partial charge in [0.1, 0.15) is 10.8 Å². The molecule has 0 N–H and O–H groups in total. The lowest BCUT2D eigenvalue weighted by atomic mass is 10.2. The molecule has 27 heavy (non-hydrogen) atoms. The predicted molar refractivity (Wildman–Crippen MR) is 102 cm³/mol. The molecule has 9 heteroatoms. The SMILES string of the molecule is O=C(c1nc(Cl)ccc1Cl)N(Cc1nnc(-c2ccc(Cl)cc2)o1)C1CC1. The zero-order valence-corrected chi connectivity index (χ0v) is 16.2. The van der Waals surface area contributed by atoms with Crippen LogP contribution in [-0.4, -0.2) is 32.0 Å². The van der Waals surface area contributed by atoms with Gasteiger partial charge in [-0.2, -0.15) is 0 Å². The van der Waals surface area contributed by atoms with Crippen molar-refractivity contribution in [1.82, 2.24) is 20.1 Å². The molecule has 6 nitrogen and oxygen atoms in total. The van der Waals surface area contributed by atoms with Crippen LogP contribution >= 0.6 is 34.8 Å². The minimum absolute atomic E-state index is 0.0974. The van der Waals surface area contributed by atoms with E-state index in [1.165, 1.54) is 0 Å². The predicted octanol–water partition coefficient (Wildman–Crippen LogP) is 4.90. The Balaban J connectivity index is 1.57. The molecule has 0 unspecified atom stereocenters. The van der Waals surface area contributed by atoms with E-state index in [0.29, 0.717) is 16.8 Å². The summed E-state index contributed by atoms with van der Waals surface area (Å²) < 4.78 is 5.72. The average molecular weight is 424 g/mol. The van der Waals surface area contributed by atoms with E-state index >= 15 is 0 Å². The van der Waals surface area contributed by atoms with Crippen molar-refractivity contribution in [1.29, 1.82) is 0 Å². The molecule has 4 rings (SSSR count). The number of hydrogen-bond donors (Lipinski definition) is 0. The van der Waals surface area contributed by atoms with Crippen molar-refractivity contribution >= 4 is 40.7 Å². The largest absolute Gasteiger partial charge is 0.419 e. The number of aromatic nitrogens is 3. The quantitative estimate of drug-likeness (QED) is 0.546. The van der Waals surface area contributed by atoms with Gasteiger partial charge >= 0.3 is 0 Å². The second-order valence-corrected chi connectivity index (χ2v) is 7.37. The smallest absolute Gasteiger partial charge is 0.274 e. The highest BCUT2D eigenvalue weighted by atomic mass is 35.5. The monoisotopic (exact) mass is 422 g/mol. The van der Waals surface area contributed by atoms with Gasteiger partial charge in [0.15, 0.2) is 0 Å².